The van der Waals surface area contributed by atoms with Crippen molar-refractivity contribution < 1.29 is 34.2 Å². The molecule has 0 bridgehead atoms. The fourth-order valence-corrected chi connectivity index (χ4v) is 2.82. The number of aliphatic carboxylic acids is 3. The van der Waals surface area contributed by atoms with Crippen LogP contribution >= 0.6 is 0 Å². The number of rotatable bonds is 16. The van der Waals surface area contributed by atoms with Gasteiger partial charge in [-0.2, -0.15) is 0 Å². The van der Waals surface area contributed by atoms with Gasteiger partial charge in [-0.3, -0.25) is 4.48 Å². The third-order valence-corrected chi connectivity index (χ3v) is 3.99. The predicted molar refractivity (Wildman–Crippen MR) is 91.5 cm³/mol. The highest BCUT2D eigenvalue weighted by Crippen LogP contribution is 2.12. The molecule has 0 spiro atoms. The minimum Gasteiger partial charge on any atom is -0.544 e. The standard InChI is InChI=1S/C18H31NO6/c1-2-3-4-5-6-7-8-9-10-11-12-19(13-16(20)21,14-17(22)23)15-18(24)25/h11-12H,2-10,13-15H2,1H3,(H2-,20,21,22,23,24,25)/b12-11+. The van der Waals surface area contributed by atoms with Crippen LogP contribution < -0.4 is 5.11 Å². The lowest BCUT2D eigenvalue weighted by Crippen LogP contribution is -2.55. The van der Waals surface area contributed by atoms with Gasteiger partial charge in [0.1, 0.15) is 6.54 Å². The number of carboxylic acid groups (broad SMARTS) is 3. The first-order chi connectivity index (χ1) is 11.8. The van der Waals surface area contributed by atoms with E-state index >= 15 is 0 Å². The van der Waals surface area contributed by atoms with Crippen molar-refractivity contribution in [3.8, 4) is 0 Å². The smallest absolute Gasteiger partial charge is 0.359 e. The molecule has 0 amide bonds. The van der Waals surface area contributed by atoms with Crippen LogP contribution in [0, 0.1) is 0 Å². The van der Waals surface area contributed by atoms with E-state index in [1.54, 1.807) is 6.08 Å². The zero-order valence-corrected chi connectivity index (χ0v) is 15.1. The highest BCUT2D eigenvalue weighted by molar-refractivity contribution is 5.72. The second-order valence-corrected chi connectivity index (χ2v) is 6.50. The van der Waals surface area contributed by atoms with Gasteiger partial charge < -0.3 is 20.1 Å². The molecule has 0 aromatic carbocycles. The summed E-state index contributed by atoms with van der Waals surface area (Å²) in [6, 6.07) is 0. The number of unbranched alkanes of at least 4 members (excludes halogenated alkanes) is 8. The molecule has 25 heavy (non-hydrogen) atoms. The van der Waals surface area contributed by atoms with Crippen LogP contribution in [0.15, 0.2) is 12.3 Å². The summed E-state index contributed by atoms with van der Waals surface area (Å²) in [7, 11) is 0. The molecule has 0 saturated heterocycles. The van der Waals surface area contributed by atoms with Crippen LogP contribution in [0.1, 0.15) is 64.7 Å². The van der Waals surface area contributed by atoms with Crippen LogP contribution in [-0.4, -0.2) is 52.2 Å². The van der Waals surface area contributed by atoms with Crippen molar-refractivity contribution in [2.75, 3.05) is 19.6 Å². The quantitative estimate of drug-likeness (QED) is 0.321. The first-order valence-electron chi connectivity index (χ1n) is 8.98. The number of allylic oxidation sites excluding steroid dienone is 1. The lowest BCUT2D eigenvalue weighted by Gasteiger charge is -2.32. The summed E-state index contributed by atoms with van der Waals surface area (Å²) in [5.74, 6) is -3.97. The zero-order chi connectivity index (χ0) is 19.1. The molecule has 0 radical (unpaired) electrons. The van der Waals surface area contributed by atoms with Crippen molar-refractivity contribution in [1.29, 1.82) is 0 Å². The van der Waals surface area contributed by atoms with Gasteiger partial charge in [0, 0.05) is 0 Å². The molecule has 0 aliphatic rings. The predicted octanol–water partition coefficient (Wildman–Crippen LogP) is 1.77. The Balaban J connectivity index is 4.42. The van der Waals surface area contributed by atoms with E-state index in [9.17, 15) is 19.5 Å². The van der Waals surface area contributed by atoms with Crippen LogP contribution in [0.3, 0.4) is 0 Å². The normalized spacial score (nSPS) is 11.7. The molecule has 0 unspecified atom stereocenters. The van der Waals surface area contributed by atoms with Gasteiger partial charge in [0.25, 0.3) is 0 Å². The van der Waals surface area contributed by atoms with Gasteiger partial charge in [0.15, 0.2) is 13.1 Å². The summed E-state index contributed by atoms with van der Waals surface area (Å²) in [6.07, 6.45) is 13.1. The number of quaternary nitrogens is 1. The molecular formula is C18H31NO6. The molecule has 7 nitrogen and oxygen atoms in total. The van der Waals surface area contributed by atoms with Gasteiger partial charge in [-0.05, 0) is 18.9 Å². The zero-order valence-electron chi connectivity index (χ0n) is 15.1. The largest absolute Gasteiger partial charge is 0.544 e. The van der Waals surface area contributed by atoms with E-state index in [1.807, 2.05) is 0 Å². The Morgan fingerprint density at radius 3 is 1.76 bits per heavy atom. The fraction of sp³-hybridized carbons (Fsp3) is 0.722. The first kappa shape index (κ1) is 23.1. The summed E-state index contributed by atoms with van der Waals surface area (Å²) in [5.41, 5.74) is 0. The van der Waals surface area contributed by atoms with Gasteiger partial charge in [-0.1, -0.05) is 51.9 Å². The van der Waals surface area contributed by atoms with Crippen LogP contribution in [-0.2, 0) is 14.4 Å². The Hall–Kier alpha value is -1.89. The summed E-state index contributed by atoms with van der Waals surface area (Å²) in [4.78, 5) is 32.9. The molecule has 0 aromatic rings. The maximum atomic E-state index is 11.0. The summed E-state index contributed by atoms with van der Waals surface area (Å²) >= 11 is 0. The maximum absolute atomic E-state index is 11.0. The van der Waals surface area contributed by atoms with Gasteiger partial charge in [0.2, 0.25) is 0 Å². The minimum atomic E-state index is -1.47. The molecule has 2 N–H and O–H groups in total. The number of carbonyl (C=O) groups is 3. The summed E-state index contributed by atoms with van der Waals surface area (Å²) in [6.45, 7) is 0.301. The highest BCUT2D eigenvalue weighted by Gasteiger charge is 2.31. The molecule has 7 heteroatoms. The molecule has 0 aliphatic heterocycles. The van der Waals surface area contributed by atoms with E-state index < -0.39 is 42.0 Å². The van der Waals surface area contributed by atoms with E-state index in [4.69, 9.17) is 10.2 Å². The van der Waals surface area contributed by atoms with E-state index in [-0.39, 0.29) is 0 Å². The van der Waals surface area contributed by atoms with Crippen molar-refractivity contribution >= 4 is 17.9 Å². The minimum absolute atomic E-state index is 0.603. The second kappa shape index (κ2) is 13.4. The third kappa shape index (κ3) is 13.1. The molecule has 0 atom stereocenters. The summed E-state index contributed by atoms with van der Waals surface area (Å²) in [5, 5.41) is 28.9. The number of hydrogen-bond acceptors (Lipinski definition) is 4. The Morgan fingerprint density at radius 2 is 1.32 bits per heavy atom. The van der Waals surface area contributed by atoms with Gasteiger partial charge in [0.05, 0.1) is 12.2 Å². The Labute approximate surface area is 149 Å². The lowest BCUT2D eigenvalue weighted by molar-refractivity contribution is -0.859. The number of carbonyl (C=O) groups excluding carboxylic acids is 1. The third-order valence-electron chi connectivity index (χ3n) is 3.99. The monoisotopic (exact) mass is 357 g/mol. The number of hydrogen-bond donors (Lipinski definition) is 2. The molecule has 0 aromatic heterocycles. The van der Waals surface area contributed by atoms with Crippen molar-refractivity contribution in [2.24, 2.45) is 0 Å². The van der Waals surface area contributed by atoms with Crippen LogP contribution in [0.2, 0.25) is 0 Å². The van der Waals surface area contributed by atoms with Crippen molar-refractivity contribution in [2.45, 2.75) is 64.7 Å². The summed E-state index contributed by atoms with van der Waals surface area (Å²) < 4.78 is -0.677. The molecule has 0 aliphatic carbocycles. The molecular weight excluding hydrogens is 326 g/mol. The van der Waals surface area contributed by atoms with E-state index in [0.29, 0.717) is 6.42 Å². The van der Waals surface area contributed by atoms with Crippen LogP contribution in [0.5, 0.6) is 0 Å². The van der Waals surface area contributed by atoms with Crippen LogP contribution in [0.25, 0.3) is 0 Å². The molecule has 0 rings (SSSR count). The average Bonchev–Trinajstić information content (AvgIpc) is 2.47. The Kier molecular flexibility index (Phi) is 12.4. The van der Waals surface area contributed by atoms with E-state index in [2.05, 4.69) is 6.92 Å². The second-order valence-electron chi connectivity index (χ2n) is 6.50. The lowest BCUT2D eigenvalue weighted by atomic mass is 10.1. The molecule has 0 heterocycles. The molecule has 144 valence electrons. The van der Waals surface area contributed by atoms with Crippen LogP contribution in [0.4, 0.5) is 0 Å². The Bertz CT molecular complexity index is 406. The number of nitrogens with zero attached hydrogens (tertiary/aromatic N) is 1. The van der Waals surface area contributed by atoms with Crippen molar-refractivity contribution in [1.82, 2.24) is 0 Å². The highest BCUT2D eigenvalue weighted by atomic mass is 16.4. The Morgan fingerprint density at radius 1 is 0.840 bits per heavy atom. The number of carboxylic acids is 3. The van der Waals surface area contributed by atoms with E-state index in [0.717, 1.165) is 19.3 Å². The van der Waals surface area contributed by atoms with E-state index in [1.165, 1.54) is 38.3 Å². The van der Waals surface area contributed by atoms with Gasteiger partial charge in [-0.25, -0.2) is 9.59 Å². The van der Waals surface area contributed by atoms with Crippen molar-refractivity contribution in [3.63, 3.8) is 0 Å². The maximum Gasteiger partial charge on any atom is 0.359 e. The first-order valence-corrected chi connectivity index (χ1v) is 8.98. The van der Waals surface area contributed by atoms with Gasteiger partial charge in [-0.15, -0.1) is 0 Å². The average molecular weight is 357 g/mol. The SMILES string of the molecule is CCCCCCCCCC/C=C/[N+](CC(=O)[O-])(CC(=O)O)CC(=O)O. The molecule has 0 fully saturated rings. The van der Waals surface area contributed by atoms with Gasteiger partial charge >= 0.3 is 11.9 Å². The molecule has 0 saturated carbocycles. The topological polar surface area (TPSA) is 115 Å². The fourth-order valence-electron chi connectivity index (χ4n) is 2.82. The van der Waals surface area contributed by atoms with Crippen molar-refractivity contribution in [3.05, 3.63) is 12.3 Å².